The fraction of sp³-hybridized carbons (Fsp3) is 0.529. The van der Waals surface area contributed by atoms with Crippen LogP contribution >= 0.6 is 12.2 Å². The minimum atomic E-state index is -0.0894. The van der Waals surface area contributed by atoms with Gasteiger partial charge < -0.3 is 10.1 Å². The SMILES string of the molecule is Cc1cccc(OCCCC(=O)NNC(=S)NC2CCCC2)c1. The monoisotopic (exact) mass is 335 g/mol. The van der Waals surface area contributed by atoms with Crippen LogP contribution in [0.5, 0.6) is 5.75 Å². The van der Waals surface area contributed by atoms with Crippen molar-refractivity contribution in [2.75, 3.05) is 6.61 Å². The maximum Gasteiger partial charge on any atom is 0.238 e. The lowest BCUT2D eigenvalue weighted by Crippen LogP contribution is -2.49. The van der Waals surface area contributed by atoms with Crippen LogP contribution in [0.2, 0.25) is 0 Å². The van der Waals surface area contributed by atoms with Crippen molar-refractivity contribution in [3.8, 4) is 5.75 Å². The zero-order chi connectivity index (χ0) is 16.5. The first-order chi connectivity index (χ1) is 11.1. The molecule has 126 valence electrons. The zero-order valence-corrected chi connectivity index (χ0v) is 14.4. The number of carbonyl (C=O) groups excluding carboxylic acids is 1. The van der Waals surface area contributed by atoms with Gasteiger partial charge in [0.2, 0.25) is 5.91 Å². The average molecular weight is 335 g/mol. The van der Waals surface area contributed by atoms with Crippen LogP contribution in [0.3, 0.4) is 0 Å². The molecule has 0 bridgehead atoms. The van der Waals surface area contributed by atoms with Gasteiger partial charge >= 0.3 is 0 Å². The number of amides is 1. The van der Waals surface area contributed by atoms with Crippen molar-refractivity contribution in [2.24, 2.45) is 0 Å². The minimum absolute atomic E-state index is 0.0894. The van der Waals surface area contributed by atoms with E-state index in [1.54, 1.807) is 0 Å². The van der Waals surface area contributed by atoms with Crippen LogP contribution in [-0.4, -0.2) is 23.7 Å². The molecule has 0 spiro atoms. The molecular formula is C17H25N3O2S. The molecule has 0 aromatic heterocycles. The van der Waals surface area contributed by atoms with Crippen LogP contribution in [0.1, 0.15) is 44.1 Å². The fourth-order valence-corrected chi connectivity index (χ4v) is 2.83. The highest BCUT2D eigenvalue weighted by Gasteiger charge is 2.15. The van der Waals surface area contributed by atoms with E-state index in [-0.39, 0.29) is 5.91 Å². The number of thiocarbonyl (C=S) groups is 1. The molecule has 0 atom stereocenters. The summed E-state index contributed by atoms with van der Waals surface area (Å²) in [5, 5.41) is 3.70. The summed E-state index contributed by atoms with van der Waals surface area (Å²) in [6.07, 6.45) is 5.83. The lowest BCUT2D eigenvalue weighted by molar-refractivity contribution is -0.121. The van der Waals surface area contributed by atoms with Gasteiger partial charge in [-0.05, 0) is 56.1 Å². The van der Waals surface area contributed by atoms with Crippen molar-refractivity contribution >= 4 is 23.2 Å². The van der Waals surface area contributed by atoms with Crippen LogP contribution < -0.4 is 20.9 Å². The van der Waals surface area contributed by atoms with E-state index < -0.39 is 0 Å². The predicted molar refractivity (Wildman–Crippen MR) is 95.2 cm³/mol. The van der Waals surface area contributed by atoms with Gasteiger partial charge in [0.25, 0.3) is 0 Å². The van der Waals surface area contributed by atoms with Crippen LogP contribution in [-0.2, 0) is 4.79 Å². The third kappa shape index (κ3) is 6.86. The second-order valence-electron chi connectivity index (χ2n) is 5.90. The molecule has 1 aromatic rings. The first-order valence-electron chi connectivity index (χ1n) is 8.18. The topological polar surface area (TPSA) is 62.4 Å². The summed E-state index contributed by atoms with van der Waals surface area (Å²) in [6.45, 7) is 2.54. The molecule has 2 rings (SSSR count). The van der Waals surface area contributed by atoms with Crippen molar-refractivity contribution < 1.29 is 9.53 Å². The standard InChI is InChI=1S/C17H25N3O2S/c1-13-6-4-9-15(12-13)22-11-5-10-16(21)19-20-17(23)18-14-7-2-3-8-14/h4,6,9,12,14H,2-3,5,7-8,10-11H2,1H3,(H,19,21)(H2,18,20,23). The van der Waals surface area contributed by atoms with Crippen LogP contribution in [0.25, 0.3) is 0 Å². The molecule has 1 fully saturated rings. The maximum absolute atomic E-state index is 11.7. The Bertz CT molecular complexity index is 530. The molecule has 1 amide bonds. The largest absolute Gasteiger partial charge is 0.494 e. The van der Waals surface area contributed by atoms with E-state index in [2.05, 4.69) is 16.2 Å². The first-order valence-corrected chi connectivity index (χ1v) is 8.59. The van der Waals surface area contributed by atoms with Gasteiger partial charge in [0.05, 0.1) is 6.61 Å². The summed E-state index contributed by atoms with van der Waals surface area (Å²) >= 11 is 5.16. The van der Waals surface area contributed by atoms with Gasteiger partial charge in [-0.15, -0.1) is 0 Å². The number of hydrazine groups is 1. The molecule has 0 heterocycles. The molecule has 1 saturated carbocycles. The molecule has 1 aliphatic carbocycles. The summed E-state index contributed by atoms with van der Waals surface area (Å²) in [5.74, 6) is 0.749. The zero-order valence-electron chi connectivity index (χ0n) is 13.6. The molecular weight excluding hydrogens is 310 g/mol. The Balaban J connectivity index is 1.53. The van der Waals surface area contributed by atoms with E-state index in [0.29, 0.717) is 30.6 Å². The second kappa shape index (κ2) is 9.35. The predicted octanol–water partition coefficient (Wildman–Crippen LogP) is 2.59. The Kier molecular flexibility index (Phi) is 7.13. The van der Waals surface area contributed by atoms with Crippen LogP contribution in [0.15, 0.2) is 24.3 Å². The number of carbonyl (C=O) groups is 1. The Morgan fingerprint density at radius 2 is 2.09 bits per heavy atom. The van der Waals surface area contributed by atoms with Crippen molar-refractivity contribution in [1.82, 2.24) is 16.2 Å². The summed E-state index contributed by atoms with van der Waals surface area (Å²) in [6, 6.07) is 8.32. The lowest BCUT2D eigenvalue weighted by Gasteiger charge is -2.16. The van der Waals surface area contributed by atoms with Crippen LogP contribution in [0, 0.1) is 6.92 Å². The van der Waals surface area contributed by atoms with E-state index in [0.717, 1.165) is 24.2 Å². The molecule has 23 heavy (non-hydrogen) atoms. The van der Waals surface area contributed by atoms with Gasteiger partial charge in [0.1, 0.15) is 5.75 Å². The normalized spacial score (nSPS) is 14.3. The van der Waals surface area contributed by atoms with E-state index >= 15 is 0 Å². The van der Waals surface area contributed by atoms with Gasteiger partial charge in [-0.2, -0.15) is 0 Å². The number of ether oxygens (including phenoxy) is 1. The minimum Gasteiger partial charge on any atom is -0.494 e. The quantitative estimate of drug-likeness (QED) is 0.424. The van der Waals surface area contributed by atoms with E-state index in [4.69, 9.17) is 17.0 Å². The number of rotatable bonds is 6. The van der Waals surface area contributed by atoms with E-state index in [9.17, 15) is 4.79 Å². The second-order valence-corrected chi connectivity index (χ2v) is 6.30. The molecule has 0 aliphatic heterocycles. The van der Waals surface area contributed by atoms with Crippen molar-refractivity contribution in [1.29, 1.82) is 0 Å². The Morgan fingerprint density at radius 1 is 1.30 bits per heavy atom. The Labute approximate surface area is 143 Å². The van der Waals surface area contributed by atoms with Gasteiger partial charge in [-0.1, -0.05) is 25.0 Å². The molecule has 0 radical (unpaired) electrons. The van der Waals surface area contributed by atoms with E-state index in [1.807, 2.05) is 31.2 Å². The van der Waals surface area contributed by atoms with Crippen molar-refractivity contribution in [3.05, 3.63) is 29.8 Å². The maximum atomic E-state index is 11.7. The van der Waals surface area contributed by atoms with Gasteiger partial charge in [-0.25, -0.2) is 0 Å². The Morgan fingerprint density at radius 3 is 2.83 bits per heavy atom. The third-order valence-electron chi connectivity index (χ3n) is 3.81. The van der Waals surface area contributed by atoms with Crippen LogP contribution in [0.4, 0.5) is 0 Å². The lowest BCUT2D eigenvalue weighted by atomic mass is 10.2. The third-order valence-corrected chi connectivity index (χ3v) is 4.03. The van der Waals surface area contributed by atoms with Crippen molar-refractivity contribution in [3.63, 3.8) is 0 Å². The summed E-state index contributed by atoms with van der Waals surface area (Å²) in [4.78, 5) is 11.7. The van der Waals surface area contributed by atoms with Gasteiger partial charge in [0.15, 0.2) is 5.11 Å². The molecule has 1 aromatic carbocycles. The molecule has 6 heteroatoms. The molecule has 0 saturated heterocycles. The molecule has 3 N–H and O–H groups in total. The average Bonchev–Trinajstić information content (AvgIpc) is 3.02. The number of nitrogens with one attached hydrogen (secondary N) is 3. The molecule has 5 nitrogen and oxygen atoms in total. The number of benzene rings is 1. The number of hydrogen-bond acceptors (Lipinski definition) is 3. The number of aryl methyl sites for hydroxylation is 1. The molecule has 1 aliphatic rings. The Hall–Kier alpha value is -1.82. The highest BCUT2D eigenvalue weighted by atomic mass is 32.1. The number of hydrogen-bond donors (Lipinski definition) is 3. The highest BCUT2D eigenvalue weighted by molar-refractivity contribution is 7.80. The smallest absolute Gasteiger partial charge is 0.238 e. The molecule has 0 unspecified atom stereocenters. The van der Waals surface area contributed by atoms with E-state index in [1.165, 1.54) is 12.8 Å². The first kappa shape index (κ1) is 17.5. The van der Waals surface area contributed by atoms with Gasteiger partial charge in [0, 0.05) is 12.5 Å². The summed E-state index contributed by atoms with van der Waals surface area (Å²) < 4.78 is 5.61. The highest BCUT2D eigenvalue weighted by Crippen LogP contribution is 2.17. The fourth-order valence-electron chi connectivity index (χ4n) is 2.61. The summed E-state index contributed by atoms with van der Waals surface area (Å²) in [7, 11) is 0. The summed E-state index contributed by atoms with van der Waals surface area (Å²) in [5.41, 5.74) is 6.53. The van der Waals surface area contributed by atoms with Gasteiger partial charge in [-0.3, -0.25) is 15.6 Å². The van der Waals surface area contributed by atoms with Crippen molar-refractivity contribution in [2.45, 2.75) is 51.5 Å².